The van der Waals surface area contributed by atoms with Crippen LogP contribution >= 0.6 is 34.0 Å². The summed E-state index contributed by atoms with van der Waals surface area (Å²) in [5.74, 6) is 0.700. The van der Waals surface area contributed by atoms with Crippen molar-refractivity contribution in [3.63, 3.8) is 0 Å². The van der Waals surface area contributed by atoms with Crippen molar-refractivity contribution in [2.75, 3.05) is 0 Å². The summed E-state index contributed by atoms with van der Waals surface area (Å²) < 4.78 is 7.84. The van der Waals surface area contributed by atoms with Gasteiger partial charge in [-0.15, -0.1) is 34.0 Å². The van der Waals surface area contributed by atoms with Crippen LogP contribution in [0.3, 0.4) is 0 Å². The van der Waals surface area contributed by atoms with Crippen LogP contribution in [0.25, 0.3) is 128 Å². The topological polar surface area (TPSA) is 25.8 Å². The molecular formula is C58H34N2S3. The van der Waals surface area contributed by atoms with E-state index >= 15 is 0 Å². The molecule has 0 aliphatic heterocycles. The van der Waals surface area contributed by atoms with Crippen molar-refractivity contribution < 1.29 is 0 Å². The molecule has 0 bridgehead atoms. The number of benzene rings is 9. The molecule has 0 amide bonds. The maximum absolute atomic E-state index is 5.34. The molecule has 0 saturated carbocycles. The minimum absolute atomic E-state index is 0.700. The molecule has 0 aliphatic rings. The first-order valence-corrected chi connectivity index (χ1v) is 23.6. The second-order valence-corrected chi connectivity index (χ2v) is 19.4. The fourth-order valence-corrected chi connectivity index (χ4v) is 12.4. The first kappa shape index (κ1) is 36.4. The van der Waals surface area contributed by atoms with E-state index in [1.54, 1.807) is 0 Å². The summed E-state index contributed by atoms with van der Waals surface area (Å²) in [5.41, 5.74) is 11.9. The Kier molecular flexibility index (Phi) is 8.48. The second kappa shape index (κ2) is 14.7. The maximum atomic E-state index is 5.34. The van der Waals surface area contributed by atoms with E-state index in [9.17, 15) is 0 Å². The van der Waals surface area contributed by atoms with Gasteiger partial charge in [-0.1, -0.05) is 127 Å². The summed E-state index contributed by atoms with van der Waals surface area (Å²) in [5, 5.41) is 7.78. The number of thiophene rings is 3. The van der Waals surface area contributed by atoms with Crippen LogP contribution in [0.15, 0.2) is 206 Å². The van der Waals surface area contributed by atoms with E-state index in [0.29, 0.717) is 5.82 Å². The zero-order chi connectivity index (χ0) is 41.4. The van der Waals surface area contributed by atoms with Crippen LogP contribution in [0.2, 0.25) is 0 Å². The summed E-state index contributed by atoms with van der Waals surface area (Å²) in [6.45, 7) is 0. The Morgan fingerprint density at radius 3 is 1.08 bits per heavy atom. The highest BCUT2D eigenvalue weighted by Crippen LogP contribution is 2.42. The Morgan fingerprint density at radius 1 is 0.222 bits per heavy atom. The van der Waals surface area contributed by atoms with Crippen molar-refractivity contribution >= 4 is 94.5 Å². The molecule has 0 fully saturated rings. The first-order chi connectivity index (χ1) is 31.1. The lowest BCUT2D eigenvalue weighted by Gasteiger charge is -2.14. The minimum Gasteiger partial charge on any atom is -0.228 e. The van der Waals surface area contributed by atoms with Crippen molar-refractivity contribution in [3.8, 4) is 67.3 Å². The van der Waals surface area contributed by atoms with E-state index in [4.69, 9.17) is 9.97 Å². The fraction of sp³-hybridized carbons (Fsp3) is 0. The number of aromatic nitrogens is 2. The normalized spacial score (nSPS) is 11.8. The SMILES string of the molecule is c1ccc(-c2nc(-c3ccc(-c4ccc5sc6ccccc6c5c4)cc3)cc(-c3cc(-c4ccc5sc6ccccc6c5c4)cc(-c4ccc5sc6ccccc6c5c4)c3)n2)cc1. The smallest absolute Gasteiger partial charge is 0.160 e. The Labute approximate surface area is 375 Å². The van der Waals surface area contributed by atoms with Gasteiger partial charge in [0.1, 0.15) is 0 Å². The molecule has 0 spiro atoms. The molecule has 4 heterocycles. The molecule has 63 heavy (non-hydrogen) atoms. The third kappa shape index (κ3) is 6.35. The van der Waals surface area contributed by atoms with E-state index in [2.05, 4.69) is 200 Å². The molecule has 0 N–H and O–H groups in total. The summed E-state index contributed by atoms with van der Waals surface area (Å²) in [6, 6.07) is 75.2. The third-order valence-electron chi connectivity index (χ3n) is 12.3. The van der Waals surface area contributed by atoms with Crippen molar-refractivity contribution in [1.82, 2.24) is 9.97 Å². The van der Waals surface area contributed by atoms with Crippen molar-refractivity contribution in [2.24, 2.45) is 0 Å². The predicted molar refractivity (Wildman–Crippen MR) is 273 cm³/mol. The number of hydrogen-bond acceptors (Lipinski definition) is 5. The van der Waals surface area contributed by atoms with Gasteiger partial charge < -0.3 is 0 Å². The van der Waals surface area contributed by atoms with Gasteiger partial charge in [-0.2, -0.15) is 0 Å². The Bertz CT molecular complexity index is 3780. The van der Waals surface area contributed by atoms with Crippen LogP contribution in [0.5, 0.6) is 0 Å². The number of hydrogen-bond donors (Lipinski definition) is 0. The lowest BCUT2D eigenvalue weighted by molar-refractivity contribution is 1.18. The summed E-state index contributed by atoms with van der Waals surface area (Å²) in [4.78, 5) is 10.6. The third-order valence-corrected chi connectivity index (χ3v) is 15.8. The Hall–Kier alpha value is -7.28. The molecule has 5 heteroatoms. The Morgan fingerprint density at radius 2 is 0.587 bits per heavy atom. The molecule has 2 nitrogen and oxygen atoms in total. The van der Waals surface area contributed by atoms with Gasteiger partial charge >= 0.3 is 0 Å². The highest BCUT2D eigenvalue weighted by atomic mass is 32.1. The van der Waals surface area contributed by atoms with Crippen LogP contribution in [-0.4, -0.2) is 9.97 Å². The number of nitrogens with zero attached hydrogens (tertiary/aromatic N) is 2. The zero-order valence-corrected chi connectivity index (χ0v) is 36.2. The van der Waals surface area contributed by atoms with Crippen molar-refractivity contribution in [1.29, 1.82) is 0 Å². The van der Waals surface area contributed by atoms with Gasteiger partial charge in [0.2, 0.25) is 0 Å². The van der Waals surface area contributed by atoms with Gasteiger partial charge in [-0.25, -0.2) is 9.97 Å². The summed E-state index contributed by atoms with van der Waals surface area (Å²) in [6.07, 6.45) is 0. The average Bonchev–Trinajstić information content (AvgIpc) is 4.04. The fourth-order valence-electron chi connectivity index (χ4n) is 9.12. The highest BCUT2D eigenvalue weighted by molar-refractivity contribution is 7.26. The van der Waals surface area contributed by atoms with E-state index in [0.717, 1.165) is 39.2 Å². The van der Waals surface area contributed by atoms with Crippen LogP contribution in [-0.2, 0) is 0 Å². The highest BCUT2D eigenvalue weighted by Gasteiger charge is 2.16. The van der Waals surface area contributed by atoms with Crippen LogP contribution < -0.4 is 0 Å². The van der Waals surface area contributed by atoms with Gasteiger partial charge in [-0.3, -0.25) is 0 Å². The van der Waals surface area contributed by atoms with Crippen molar-refractivity contribution in [2.45, 2.75) is 0 Å². The molecule has 294 valence electrons. The van der Waals surface area contributed by atoms with E-state index in [1.165, 1.54) is 82.8 Å². The van der Waals surface area contributed by atoms with Gasteiger partial charge in [0.25, 0.3) is 0 Å². The average molecular weight is 855 g/mol. The lowest BCUT2D eigenvalue weighted by atomic mass is 9.93. The second-order valence-electron chi connectivity index (χ2n) is 16.1. The van der Waals surface area contributed by atoms with E-state index < -0.39 is 0 Å². The summed E-state index contributed by atoms with van der Waals surface area (Å²) >= 11 is 5.56. The van der Waals surface area contributed by atoms with Gasteiger partial charge in [0, 0.05) is 77.2 Å². The Balaban J connectivity index is 0.974. The lowest BCUT2D eigenvalue weighted by Crippen LogP contribution is -1.96. The molecule has 9 aromatic carbocycles. The van der Waals surface area contributed by atoms with Gasteiger partial charge in [0.05, 0.1) is 11.4 Å². The van der Waals surface area contributed by atoms with Gasteiger partial charge in [-0.05, 0) is 112 Å². The molecule has 0 unspecified atom stereocenters. The zero-order valence-electron chi connectivity index (χ0n) is 33.7. The van der Waals surface area contributed by atoms with Crippen LogP contribution in [0.4, 0.5) is 0 Å². The standard InChI is InChI=1S/C58H34N2S3/c1-2-10-37(11-3-1)58-59-50(36-20-18-35(19-21-36)38-22-25-55-47(31-38)44-12-4-7-15-52(44)61-55)34-51(60-58)43-29-41(39-23-26-56-48(32-39)45-13-5-8-16-53(45)62-56)28-42(30-43)40-24-27-57-49(33-40)46-14-6-9-17-54(46)63-57/h1-34H. The monoisotopic (exact) mass is 854 g/mol. The first-order valence-electron chi connectivity index (χ1n) is 21.1. The molecule has 0 saturated heterocycles. The molecule has 13 rings (SSSR count). The largest absolute Gasteiger partial charge is 0.228 e. The number of fused-ring (bicyclic) bond motifs is 9. The number of rotatable bonds is 6. The van der Waals surface area contributed by atoms with Gasteiger partial charge in [0.15, 0.2) is 5.82 Å². The maximum Gasteiger partial charge on any atom is 0.160 e. The van der Waals surface area contributed by atoms with Crippen LogP contribution in [0, 0.1) is 0 Å². The summed E-state index contributed by atoms with van der Waals surface area (Å²) in [7, 11) is 0. The minimum atomic E-state index is 0.700. The quantitative estimate of drug-likeness (QED) is 0.167. The van der Waals surface area contributed by atoms with E-state index in [1.807, 2.05) is 40.1 Å². The van der Waals surface area contributed by atoms with Crippen LogP contribution in [0.1, 0.15) is 0 Å². The molecule has 0 atom stereocenters. The molecule has 0 aliphatic carbocycles. The van der Waals surface area contributed by atoms with Crippen molar-refractivity contribution in [3.05, 3.63) is 206 Å². The molecular weight excluding hydrogens is 821 g/mol. The molecule has 0 radical (unpaired) electrons. The molecule has 13 aromatic rings. The molecule has 4 aromatic heterocycles. The predicted octanol–water partition coefficient (Wildman–Crippen LogP) is 17.6. The van der Waals surface area contributed by atoms with E-state index in [-0.39, 0.29) is 0 Å².